The zero-order valence-electron chi connectivity index (χ0n) is 15.4. The van der Waals surface area contributed by atoms with Gasteiger partial charge < -0.3 is 26.3 Å². The van der Waals surface area contributed by atoms with Crippen LogP contribution in [-0.4, -0.2) is 45.3 Å². The van der Waals surface area contributed by atoms with Gasteiger partial charge in [0.15, 0.2) is 7.28 Å². The highest BCUT2D eigenvalue weighted by molar-refractivity contribution is 6.53. The fourth-order valence-electron chi connectivity index (χ4n) is 2.28. The Morgan fingerprint density at radius 3 is 2.68 bits per heavy atom. The largest absolute Gasteiger partial charge is 0.399 e. The highest BCUT2D eigenvalue weighted by atomic mass is 16.5. The Morgan fingerprint density at radius 1 is 1.36 bits per heavy atom. The van der Waals surface area contributed by atoms with E-state index < -0.39 is 6.04 Å². The first-order valence-electron chi connectivity index (χ1n) is 8.51. The van der Waals surface area contributed by atoms with E-state index in [0.717, 1.165) is 23.6 Å². The van der Waals surface area contributed by atoms with Gasteiger partial charge in [-0.25, -0.2) is 0 Å². The van der Waals surface area contributed by atoms with Crippen LogP contribution in [0.25, 0.3) is 0 Å². The number of ether oxygens (including phenoxy) is 1. The van der Waals surface area contributed by atoms with Crippen molar-refractivity contribution in [2.24, 2.45) is 11.1 Å². The summed E-state index contributed by atoms with van der Waals surface area (Å²) < 4.78 is 5.42. The number of rotatable bonds is 10. The Hall–Kier alpha value is -1.86. The minimum Gasteiger partial charge on any atom is -0.399 e. The van der Waals surface area contributed by atoms with Crippen molar-refractivity contribution in [1.82, 2.24) is 5.32 Å². The third-order valence-electron chi connectivity index (χ3n) is 3.74. The topological polar surface area (TPSA) is 107 Å². The van der Waals surface area contributed by atoms with E-state index in [1.54, 1.807) is 0 Å². The lowest BCUT2D eigenvalue weighted by Crippen LogP contribution is -2.46. The SMILES string of the molecule is CC(C)(C)C(C=O)NC(=O)COCCc1cc(N)cc([B]CCN)c1. The van der Waals surface area contributed by atoms with Gasteiger partial charge in [-0.05, 0) is 36.1 Å². The second-order valence-corrected chi connectivity index (χ2v) is 7.14. The van der Waals surface area contributed by atoms with Gasteiger partial charge in [0.1, 0.15) is 12.9 Å². The number of carbonyl (C=O) groups excluding carboxylic acids is 2. The molecule has 0 saturated heterocycles. The van der Waals surface area contributed by atoms with Crippen molar-refractivity contribution in [2.45, 2.75) is 39.6 Å². The normalized spacial score (nSPS) is 12.5. The minimum atomic E-state index is -0.529. The number of nitrogen functional groups attached to an aromatic ring is 1. The van der Waals surface area contributed by atoms with Crippen molar-refractivity contribution in [3.8, 4) is 0 Å². The zero-order chi connectivity index (χ0) is 18.9. The molecule has 5 N–H and O–H groups in total. The van der Waals surface area contributed by atoms with Gasteiger partial charge in [0.05, 0.1) is 12.6 Å². The zero-order valence-corrected chi connectivity index (χ0v) is 15.4. The Labute approximate surface area is 150 Å². The molecule has 0 spiro atoms. The summed E-state index contributed by atoms with van der Waals surface area (Å²) in [5.74, 6) is -0.295. The number of hydrogen-bond donors (Lipinski definition) is 3. The smallest absolute Gasteiger partial charge is 0.246 e. The fraction of sp³-hybridized carbons (Fsp3) is 0.556. The molecule has 1 aromatic rings. The second-order valence-electron chi connectivity index (χ2n) is 7.14. The molecule has 137 valence electrons. The molecule has 25 heavy (non-hydrogen) atoms. The number of hydrogen-bond acceptors (Lipinski definition) is 5. The molecular formula is C18H29BN3O3. The molecule has 1 amide bonds. The number of anilines is 1. The van der Waals surface area contributed by atoms with Gasteiger partial charge >= 0.3 is 0 Å². The molecule has 6 nitrogen and oxygen atoms in total. The molecule has 7 heteroatoms. The van der Waals surface area contributed by atoms with Crippen LogP contribution in [0.5, 0.6) is 0 Å². The van der Waals surface area contributed by atoms with Crippen molar-refractivity contribution in [2.75, 3.05) is 25.5 Å². The number of benzene rings is 1. The molecule has 0 aliphatic heterocycles. The summed E-state index contributed by atoms with van der Waals surface area (Å²) in [6.45, 7) is 6.60. The highest BCUT2D eigenvalue weighted by Gasteiger charge is 2.25. The summed E-state index contributed by atoms with van der Waals surface area (Å²) in [4.78, 5) is 22.9. The fourth-order valence-corrected chi connectivity index (χ4v) is 2.28. The second kappa shape index (κ2) is 10.2. The lowest BCUT2D eigenvalue weighted by atomic mass is 9.67. The van der Waals surface area contributed by atoms with Gasteiger partial charge in [0.2, 0.25) is 5.91 Å². The summed E-state index contributed by atoms with van der Waals surface area (Å²) in [5, 5.41) is 2.68. The summed E-state index contributed by atoms with van der Waals surface area (Å²) in [5.41, 5.74) is 13.9. The molecule has 0 heterocycles. The van der Waals surface area contributed by atoms with Gasteiger partial charge in [-0.2, -0.15) is 0 Å². The third-order valence-corrected chi connectivity index (χ3v) is 3.74. The van der Waals surface area contributed by atoms with Crippen molar-refractivity contribution in [1.29, 1.82) is 0 Å². The Bertz CT molecular complexity index is 573. The van der Waals surface area contributed by atoms with E-state index in [9.17, 15) is 9.59 Å². The lowest BCUT2D eigenvalue weighted by molar-refractivity contribution is -0.129. The van der Waals surface area contributed by atoms with Gasteiger partial charge in [-0.3, -0.25) is 4.79 Å². The van der Waals surface area contributed by atoms with Crippen molar-refractivity contribution >= 4 is 30.6 Å². The van der Waals surface area contributed by atoms with Crippen LogP contribution in [0.15, 0.2) is 18.2 Å². The monoisotopic (exact) mass is 346 g/mol. The van der Waals surface area contributed by atoms with Crippen LogP contribution in [0.2, 0.25) is 6.32 Å². The highest BCUT2D eigenvalue weighted by Crippen LogP contribution is 2.17. The van der Waals surface area contributed by atoms with Crippen LogP contribution in [-0.2, 0) is 20.7 Å². The number of carbonyl (C=O) groups is 2. The van der Waals surface area contributed by atoms with Gasteiger partial charge in [0.25, 0.3) is 0 Å². The molecule has 0 aliphatic rings. The Kier molecular flexibility index (Phi) is 8.65. The molecule has 1 unspecified atom stereocenters. The molecule has 1 radical (unpaired) electrons. The van der Waals surface area contributed by atoms with E-state index in [1.165, 1.54) is 0 Å². The average molecular weight is 346 g/mol. The maximum absolute atomic E-state index is 11.9. The molecule has 1 rings (SSSR count). The summed E-state index contributed by atoms with van der Waals surface area (Å²) in [6.07, 6.45) is 2.20. The minimum absolute atomic E-state index is 0.0745. The summed E-state index contributed by atoms with van der Waals surface area (Å²) >= 11 is 0. The van der Waals surface area contributed by atoms with Crippen molar-refractivity contribution in [3.05, 3.63) is 23.8 Å². The Morgan fingerprint density at radius 2 is 2.08 bits per heavy atom. The number of nitrogens with two attached hydrogens (primary N) is 2. The maximum atomic E-state index is 11.9. The first-order chi connectivity index (χ1) is 11.8. The van der Waals surface area contributed by atoms with E-state index in [2.05, 4.69) is 5.32 Å². The standard InChI is InChI=1S/C18H29BN3O3/c1-18(2,3)16(11-23)22-17(24)12-25-7-4-13-8-14(19-5-6-20)10-15(21)9-13/h8-11,16H,4-7,12,20-21H2,1-3H3,(H,22,24). The first kappa shape index (κ1) is 21.2. The van der Waals surface area contributed by atoms with Crippen LogP contribution < -0.4 is 22.2 Å². The van der Waals surface area contributed by atoms with Crippen molar-refractivity contribution < 1.29 is 14.3 Å². The van der Waals surface area contributed by atoms with Crippen LogP contribution in [0.4, 0.5) is 5.69 Å². The summed E-state index contributed by atoms with van der Waals surface area (Å²) in [6, 6.07) is 5.31. The van der Waals surface area contributed by atoms with Crippen LogP contribution in [0.1, 0.15) is 26.3 Å². The number of nitrogens with one attached hydrogen (secondary N) is 1. The third kappa shape index (κ3) is 8.18. The van der Waals surface area contributed by atoms with E-state index in [4.69, 9.17) is 16.2 Å². The molecule has 1 aromatic carbocycles. The van der Waals surface area contributed by atoms with Gasteiger partial charge in [-0.1, -0.05) is 38.6 Å². The quantitative estimate of drug-likeness (QED) is 0.244. The molecule has 0 saturated carbocycles. The van der Waals surface area contributed by atoms with Crippen molar-refractivity contribution in [3.63, 3.8) is 0 Å². The molecular weight excluding hydrogens is 317 g/mol. The number of aldehydes is 1. The van der Waals surface area contributed by atoms with E-state index >= 15 is 0 Å². The Balaban J connectivity index is 2.41. The molecule has 1 atom stereocenters. The first-order valence-corrected chi connectivity index (χ1v) is 8.51. The van der Waals surface area contributed by atoms with Crippen LogP contribution >= 0.6 is 0 Å². The molecule has 0 fully saturated rings. The van der Waals surface area contributed by atoms with E-state index in [-0.39, 0.29) is 17.9 Å². The predicted molar refractivity (Wildman–Crippen MR) is 102 cm³/mol. The van der Waals surface area contributed by atoms with Gasteiger partial charge in [0, 0.05) is 5.69 Å². The van der Waals surface area contributed by atoms with E-state index in [1.807, 2.05) is 46.2 Å². The van der Waals surface area contributed by atoms with Crippen LogP contribution in [0, 0.1) is 5.41 Å². The lowest BCUT2D eigenvalue weighted by Gasteiger charge is -2.26. The van der Waals surface area contributed by atoms with E-state index in [0.29, 0.717) is 25.3 Å². The molecule has 0 aliphatic carbocycles. The average Bonchev–Trinajstić information content (AvgIpc) is 2.53. The molecule has 0 bridgehead atoms. The summed E-state index contributed by atoms with van der Waals surface area (Å²) in [7, 11) is 2.04. The number of amides is 1. The maximum Gasteiger partial charge on any atom is 0.246 e. The molecule has 0 aromatic heterocycles. The predicted octanol–water partition coefficient (Wildman–Crippen LogP) is 0.264. The van der Waals surface area contributed by atoms with Crippen LogP contribution in [0.3, 0.4) is 0 Å². The van der Waals surface area contributed by atoms with Gasteiger partial charge in [-0.15, -0.1) is 0 Å².